The van der Waals surface area contributed by atoms with Crippen molar-refractivity contribution in [3.05, 3.63) is 64.7 Å². The highest BCUT2D eigenvalue weighted by molar-refractivity contribution is 7.98. The molecule has 0 aliphatic heterocycles. The average molecular weight is 390 g/mol. The topological polar surface area (TPSA) is 54.9 Å². The summed E-state index contributed by atoms with van der Waals surface area (Å²) in [7, 11) is 0. The smallest absolute Gasteiger partial charge is 0.225 e. The van der Waals surface area contributed by atoms with Crippen LogP contribution in [0.1, 0.15) is 17.8 Å². The fraction of sp³-hybridized carbons (Fsp3) is 0.211. The van der Waals surface area contributed by atoms with Gasteiger partial charge >= 0.3 is 0 Å². The summed E-state index contributed by atoms with van der Waals surface area (Å²) >= 11 is 7.29. The van der Waals surface area contributed by atoms with Crippen molar-refractivity contribution in [2.45, 2.75) is 19.1 Å². The summed E-state index contributed by atoms with van der Waals surface area (Å²) in [6, 6.07) is 11.9. The minimum absolute atomic E-state index is 0.139. The SMILES string of the molecule is Cc1nc2ccccc2nc1CSCCC(=O)Nc1ccc(Cl)cc1F. The molecule has 2 aromatic carbocycles. The first kappa shape index (κ1) is 18.6. The van der Waals surface area contributed by atoms with Crippen LogP contribution in [0.5, 0.6) is 0 Å². The molecule has 1 N–H and O–H groups in total. The number of anilines is 1. The number of aryl methyl sites for hydroxylation is 1. The van der Waals surface area contributed by atoms with Crippen LogP contribution in [0, 0.1) is 12.7 Å². The molecule has 0 unspecified atom stereocenters. The van der Waals surface area contributed by atoms with Crippen LogP contribution in [-0.4, -0.2) is 21.6 Å². The number of rotatable bonds is 6. The molecule has 1 aromatic heterocycles. The van der Waals surface area contributed by atoms with Crippen molar-refractivity contribution in [3.63, 3.8) is 0 Å². The van der Waals surface area contributed by atoms with Gasteiger partial charge in [0.1, 0.15) is 5.82 Å². The molecule has 3 aromatic rings. The number of para-hydroxylation sites is 2. The van der Waals surface area contributed by atoms with E-state index in [0.717, 1.165) is 22.4 Å². The van der Waals surface area contributed by atoms with E-state index in [9.17, 15) is 9.18 Å². The Bertz CT molecular complexity index is 951. The number of nitrogens with zero attached hydrogens (tertiary/aromatic N) is 2. The summed E-state index contributed by atoms with van der Waals surface area (Å²) < 4.78 is 13.7. The first-order valence-electron chi connectivity index (χ1n) is 8.08. The molecular weight excluding hydrogens is 373 g/mol. The Labute approximate surface area is 160 Å². The molecule has 0 bridgehead atoms. The summed E-state index contributed by atoms with van der Waals surface area (Å²) in [5.74, 6) is 0.502. The number of benzene rings is 2. The summed E-state index contributed by atoms with van der Waals surface area (Å²) in [4.78, 5) is 21.1. The van der Waals surface area contributed by atoms with E-state index < -0.39 is 5.82 Å². The van der Waals surface area contributed by atoms with Crippen LogP contribution in [0.2, 0.25) is 5.02 Å². The Morgan fingerprint density at radius 3 is 2.65 bits per heavy atom. The molecule has 0 saturated heterocycles. The molecule has 1 heterocycles. The molecule has 0 aliphatic rings. The van der Waals surface area contributed by atoms with Crippen molar-refractivity contribution < 1.29 is 9.18 Å². The minimum atomic E-state index is -0.541. The van der Waals surface area contributed by atoms with Gasteiger partial charge in [-0.05, 0) is 37.3 Å². The van der Waals surface area contributed by atoms with Crippen LogP contribution in [0.15, 0.2) is 42.5 Å². The molecule has 0 spiro atoms. The molecule has 0 fully saturated rings. The molecule has 3 rings (SSSR count). The number of carbonyl (C=O) groups is 1. The van der Waals surface area contributed by atoms with Gasteiger partial charge in [-0.3, -0.25) is 4.79 Å². The summed E-state index contributed by atoms with van der Waals surface area (Å²) in [5, 5.41) is 2.85. The second-order valence-electron chi connectivity index (χ2n) is 5.72. The Hall–Kier alpha value is -2.18. The lowest BCUT2D eigenvalue weighted by molar-refractivity contribution is -0.115. The van der Waals surface area contributed by atoms with Crippen molar-refractivity contribution in [2.24, 2.45) is 0 Å². The maximum absolute atomic E-state index is 13.7. The van der Waals surface area contributed by atoms with Crippen LogP contribution in [0.25, 0.3) is 11.0 Å². The van der Waals surface area contributed by atoms with E-state index in [1.54, 1.807) is 11.8 Å². The Balaban J connectivity index is 1.51. The number of hydrogen-bond acceptors (Lipinski definition) is 4. The molecule has 26 heavy (non-hydrogen) atoms. The van der Waals surface area contributed by atoms with Gasteiger partial charge in [-0.1, -0.05) is 23.7 Å². The van der Waals surface area contributed by atoms with E-state index >= 15 is 0 Å². The third-order valence-corrected chi connectivity index (χ3v) is 4.97. The van der Waals surface area contributed by atoms with Crippen LogP contribution >= 0.6 is 23.4 Å². The van der Waals surface area contributed by atoms with Gasteiger partial charge < -0.3 is 5.32 Å². The zero-order valence-electron chi connectivity index (χ0n) is 14.1. The lowest BCUT2D eigenvalue weighted by Crippen LogP contribution is -2.13. The summed E-state index contributed by atoms with van der Waals surface area (Å²) in [6.07, 6.45) is 0.285. The average Bonchev–Trinajstić information content (AvgIpc) is 2.61. The number of thioether (sulfide) groups is 1. The number of carbonyl (C=O) groups excluding carboxylic acids is 1. The molecule has 0 aliphatic carbocycles. The van der Waals surface area contributed by atoms with Crippen molar-refractivity contribution in [1.29, 1.82) is 0 Å². The first-order chi connectivity index (χ1) is 12.5. The van der Waals surface area contributed by atoms with E-state index in [-0.39, 0.29) is 18.0 Å². The molecular formula is C19H17ClFN3OS. The Kier molecular flexibility index (Phi) is 6.06. The Morgan fingerprint density at radius 1 is 1.19 bits per heavy atom. The van der Waals surface area contributed by atoms with E-state index in [0.29, 0.717) is 16.5 Å². The highest BCUT2D eigenvalue weighted by Gasteiger charge is 2.09. The van der Waals surface area contributed by atoms with Crippen molar-refractivity contribution in [2.75, 3.05) is 11.1 Å². The van der Waals surface area contributed by atoms with E-state index in [4.69, 9.17) is 11.6 Å². The number of halogens is 2. The van der Waals surface area contributed by atoms with Gasteiger partial charge in [-0.2, -0.15) is 11.8 Å². The normalized spacial score (nSPS) is 10.9. The zero-order valence-corrected chi connectivity index (χ0v) is 15.7. The predicted octanol–water partition coefficient (Wildman–Crippen LogP) is 4.99. The molecule has 0 radical (unpaired) electrons. The lowest BCUT2D eigenvalue weighted by atomic mass is 10.2. The van der Waals surface area contributed by atoms with Gasteiger partial charge in [0.05, 0.1) is 28.1 Å². The van der Waals surface area contributed by atoms with Crippen LogP contribution in [0.3, 0.4) is 0 Å². The van der Waals surface area contributed by atoms with Crippen molar-refractivity contribution >= 4 is 46.0 Å². The van der Waals surface area contributed by atoms with Gasteiger partial charge in [0.15, 0.2) is 0 Å². The summed E-state index contributed by atoms with van der Waals surface area (Å²) in [5.41, 5.74) is 3.69. The van der Waals surface area contributed by atoms with Gasteiger partial charge in [0.2, 0.25) is 5.91 Å². The largest absolute Gasteiger partial charge is 0.324 e. The molecule has 4 nitrogen and oxygen atoms in total. The van der Waals surface area contributed by atoms with Crippen molar-refractivity contribution in [1.82, 2.24) is 9.97 Å². The quantitative estimate of drug-likeness (QED) is 0.603. The zero-order chi connectivity index (χ0) is 18.5. The second-order valence-corrected chi connectivity index (χ2v) is 7.26. The number of hydrogen-bond donors (Lipinski definition) is 1. The lowest BCUT2D eigenvalue weighted by Gasteiger charge is -2.08. The third-order valence-electron chi connectivity index (χ3n) is 3.76. The van der Waals surface area contributed by atoms with Gasteiger partial charge in [0, 0.05) is 22.9 Å². The standard InChI is InChI=1S/C19H17ClFN3OS/c1-12-18(23-17-5-3-2-4-16(17)22-12)11-26-9-8-19(25)24-15-7-6-13(20)10-14(15)21/h2-7,10H,8-9,11H2,1H3,(H,24,25). The maximum atomic E-state index is 13.7. The molecule has 0 atom stereocenters. The number of aromatic nitrogens is 2. The molecule has 0 saturated carbocycles. The molecule has 134 valence electrons. The number of nitrogens with one attached hydrogen (secondary N) is 1. The summed E-state index contributed by atoms with van der Waals surface area (Å²) in [6.45, 7) is 1.94. The number of amides is 1. The highest BCUT2D eigenvalue weighted by atomic mass is 35.5. The second kappa shape index (κ2) is 8.47. The Morgan fingerprint density at radius 2 is 1.92 bits per heavy atom. The molecule has 1 amide bonds. The van der Waals surface area contributed by atoms with Crippen LogP contribution in [-0.2, 0) is 10.5 Å². The van der Waals surface area contributed by atoms with E-state index in [2.05, 4.69) is 15.3 Å². The monoisotopic (exact) mass is 389 g/mol. The fourth-order valence-electron chi connectivity index (χ4n) is 2.40. The van der Waals surface area contributed by atoms with Gasteiger partial charge in [-0.15, -0.1) is 0 Å². The van der Waals surface area contributed by atoms with Crippen LogP contribution in [0.4, 0.5) is 10.1 Å². The van der Waals surface area contributed by atoms with E-state index in [1.807, 2.05) is 31.2 Å². The third kappa shape index (κ3) is 4.71. The number of fused-ring (bicyclic) bond motifs is 1. The van der Waals surface area contributed by atoms with Gasteiger partial charge in [0.25, 0.3) is 0 Å². The minimum Gasteiger partial charge on any atom is -0.324 e. The van der Waals surface area contributed by atoms with Gasteiger partial charge in [-0.25, -0.2) is 14.4 Å². The van der Waals surface area contributed by atoms with Crippen molar-refractivity contribution in [3.8, 4) is 0 Å². The molecule has 7 heteroatoms. The first-order valence-corrected chi connectivity index (χ1v) is 9.61. The fourth-order valence-corrected chi connectivity index (χ4v) is 3.50. The highest BCUT2D eigenvalue weighted by Crippen LogP contribution is 2.20. The van der Waals surface area contributed by atoms with E-state index in [1.165, 1.54) is 18.2 Å². The predicted molar refractivity (Wildman–Crippen MR) is 105 cm³/mol. The maximum Gasteiger partial charge on any atom is 0.225 e. The van der Waals surface area contributed by atoms with Crippen LogP contribution < -0.4 is 5.32 Å².